The topological polar surface area (TPSA) is 11.4 Å². The van der Waals surface area contributed by atoms with E-state index in [-0.39, 0.29) is 28.4 Å². The number of aromatic nitrogens is 1. The number of rotatable bonds is 12. The van der Waals surface area contributed by atoms with E-state index in [1.54, 1.807) is 0 Å². The molecule has 0 N–H and O–H groups in total. The van der Waals surface area contributed by atoms with Gasteiger partial charge in [0.15, 0.2) is 8.07 Å². The Morgan fingerprint density at radius 1 is 0.243 bits per heavy atom. The Labute approximate surface area is 658 Å². The van der Waals surface area contributed by atoms with E-state index in [1.165, 1.54) is 92.3 Å². The highest BCUT2D eigenvalue weighted by atomic mass is 28.3. The van der Waals surface area contributed by atoms with Crippen molar-refractivity contribution in [1.82, 2.24) is 4.57 Å². The van der Waals surface area contributed by atoms with E-state index in [1.807, 2.05) is 0 Å². The fourth-order valence-electron chi connectivity index (χ4n) is 17.9. The second-order valence-corrected chi connectivity index (χ2v) is 38.7. The van der Waals surface area contributed by atoms with Gasteiger partial charge in [0.05, 0.1) is 22.4 Å². The van der Waals surface area contributed by atoms with Crippen molar-refractivity contribution in [2.75, 3.05) is 9.80 Å². The lowest BCUT2D eigenvalue weighted by atomic mass is 9.33. The molecule has 2 aliphatic rings. The fourth-order valence-corrected chi connectivity index (χ4v) is 22.7. The van der Waals surface area contributed by atoms with Gasteiger partial charge in [-0.1, -0.05) is 356 Å². The maximum absolute atomic E-state index is 3.23. The molecule has 0 aliphatic carbocycles. The smallest absolute Gasteiger partial charge is 0.252 e. The minimum absolute atomic E-state index is 0.0733. The predicted molar refractivity (Wildman–Crippen MR) is 480 cm³/mol. The van der Waals surface area contributed by atoms with Gasteiger partial charge in [0.1, 0.15) is 0 Å². The van der Waals surface area contributed by atoms with Gasteiger partial charge in [-0.25, -0.2) is 0 Å². The summed E-state index contributed by atoms with van der Waals surface area (Å²) >= 11 is 0. The van der Waals surface area contributed by atoms with E-state index >= 15 is 0 Å². The maximum Gasteiger partial charge on any atom is 0.252 e. The highest BCUT2D eigenvalue weighted by Crippen LogP contribution is 2.56. The normalized spacial score (nSPS) is 13.0. The molecule has 5 heteroatoms. The number of hydrogen-bond acceptors (Lipinski definition) is 2. The molecule has 1 aromatic heterocycles. The molecule has 2 aliphatic heterocycles. The highest BCUT2D eigenvalue weighted by Gasteiger charge is 2.49. The average Bonchev–Trinajstić information content (AvgIpc) is 0.857. The standard InChI is InChI=1S/C106H94BN3Si/c1-103(2,3)77-53-58-94-90(63-77)91-64-78(104(4,5)6)54-59-95(91)108(94)81-55-57-92-97(69-81)110(102-88(74-43-27-16-28-44-74)67-80(106(10,11)12)68-89(102)75-45-29-17-30-46-75)99-62-76(71-37-21-13-22-38-71)61-98-100(99)107(92)93-70-85(111(82-47-31-18-32-48-82,83-49-33-19-34-50-83)84-51-35-20-36-52-84)56-60-96(93)109(98)101-86(72-39-23-14-24-40-72)65-79(105(7,8)9)66-87(101)73-41-25-15-26-42-73/h13-70H,1-12H3. The first-order valence-electron chi connectivity index (χ1n) is 39.6. The van der Waals surface area contributed by atoms with Crippen molar-refractivity contribution < 1.29 is 0 Å². The van der Waals surface area contributed by atoms with Crippen LogP contribution in [0.1, 0.15) is 105 Å². The number of anilines is 6. The number of fused-ring (bicyclic) bond motifs is 7. The van der Waals surface area contributed by atoms with Gasteiger partial charge < -0.3 is 14.4 Å². The Balaban J connectivity index is 1.06. The van der Waals surface area contributed by atoms with Gasteiger partial charge in [-0.05, 0) is 193 Å². The summed E-state index contributed by atoms with van der Waals surface area (Å²) in [5.41, 5.74) is 30.0. The van der Waals surface area contributed by atoms with Crippen molar-refractivity contribution >= 4 is 108 Å². The van der Waals surface area contributed by atoms with Gasteiger partial charge in [-0.2, -0.15) is 0 Å². The summed E-state index contributed by atoms with van der Waals surface area (Å²) in [6, 6.07) is 136. The van der Waals surface area contributed by atoms with E-state index in [0.29, 0.717) is 0 Å². The molecular formula is C106H94BN3Si. The van der Waals surface area contributed by atoms with Crippen LogP contribution >= 0.6 is 0 Å². The molecule has 16 aromatic rings. The van der Waals surface area contributed by atoms with Crippen LogP contribution in [0.15, 0.2) is 352 Å². The van der Waals surface area contributed by atoms with Gasteiger partial charge in [-0.3, -0.25) is 0 Å². The monoisotopic (exact) mass is 1450 g/mol. The maximum atomic E-state index is 2.75. The van der Waals surface area contributed by atoms with Gasteiger partial charge >= 0.3 is 0 Å². The highest BCUT2D eigenvalue weighted by molar-refractivity contribution is 7.20. The summed E-state index contributed by atoms with van der Waals surface area (Å²) in [6.45, 7) is 27.9. The molecule has 0 amide bonds. The summed E-state index contributed by atoms with van der Waals surface area (Å²) in [7, 11) is -3.23. The van der Waals surface area contributed by atoms with Crippen LogP contribution in [-0.2, 0) is 21.7 Å². The molecule has 3 nitrogen and oxygen atoms in total. The van der Waals surface area contributed by atoms with Crippen LogP contribution < -0.4 is 46.9 Å². The van der Waals surface area contributed by atoms with E-state index < -0.39 is 8.07 Å². The summed E-state index contributed by atoms with van der Waals surface area (Å²) in [4.78, 5) is 5.49. The third-order valence-corrected chi connectivity index (χ3v) is 28.5. The molecule has 540 valence electrons. The Hall–Kier alpha value is -12.0. The van der Waals surface area contributed by atoms with Crippen molar-refractivity contribution in [1.29, 1.82) is 0 Å². The zero-order valence-corrected chi connectivity index (χ0v) is 66.9. The van der Waals surface area contributed by atoms with Gasteiger partial charge in [0, 0.05) is 61.5 Å². The Morgan fingerprint density at radius 3 is 0.946 bits per heavy atom. The molecule has 3 heterocycles. The van der Waals surface area contributed by atoms with Crippen LogP contribution in [0.5, 0.6) is 0 Å². The molecular weight excluding hydrogens is 1350 g/mol. The minimum Gasteiger partial charge on any atom is -0.310 e. The first kappa shape index (κ1) is 70.6. The summed E-state index contributed by atoms with van der Waals surface area (Å²) in [5, 5.41) is 7.82. The lowest BCUT2D eigenvalue weighted by molar-refractivity contribution is 0.590. The molecule has 0 saturated carbocycles. The van der Waals surface area contributed by atoms with Crippen LogP contribution in [0, 0.1) is 0 Å². The average molecular weight is 1450 g/mol. The second-order valence-electron chi connectivity index (χ2n) is 34.9. The number of nitrogens with zero attached hydrogens (tertiary/aromatic N) is 3. The third kappa shape index (κ3) is 12.2. The van der Waals surface area contributed by atoms with E-state index in [4.69, 9.17) is 0 Å². The van der Waals surface area contributed by atoms with Crippen LogP contribution in [0.4, 0.5) is 34.1 Å². The summed E-state index contributed by atoms with van der Waals surface area (Å²) in [6.07, 6.45) is 0. The molecule has 0 unspecified atom stereocenters. The molecule has 0 saturated heterocycles. The number of hydrogen-bond donors (Lipinski definition) is 0. The lowest BCUT2D eigenvalue weighted by Crippen LogP contribution is -2.75. The number of benzene rings is 15. The summed E-state index contributed by atoms with van der Waals surface area (Å²) in [5.74, 6) is 0. The van der Waals surface area contributed by atoms with Crippen LogP contribution in [0.2, 0.25) is 0 Å². The molecule has 18 rings (SSSR count). The van der Waals surface area contributed by atoms with Gasteiger partial charge in [0.2, 0.25) is 0 Å². The quantitative estimate of drug-likeness (QED) is 0.0892. The largest absolute Gasteiger partial charge is 0.310 e. The molecule has 0 radical (unpaired) electrons. The van der Waals surface area contributed by atoms with E-state index in [0.717, 1.165) is 84.3 Å². The first-order valence-corrected chi connectivity index (χ1v) is 41.6. The molecule has 0 atom stereocenters. The molecule has 0 spiro atoms. The van der Waals surface area contributed by atoms with Crippen LogP contribution in [0.25, 0.3) is 83.1 Å². The zero-order chi connectivity index (χ0) is 76.3. The summed E-state index contributed by atoms with van der Waals surface area (Å²) < 4.78 is 2.58. The third-order valence-electron chi connectivity index (χ3n) is 23.7. The van der Waals surface area contributed by atoms with E-state index in [2.05, 4.69) is 449 Å². The lowest BCUT2D eigenvalue weighted by Gasteiger charge is -2.46. The van der Waals surface area contributed by atoms with Gasteiger partial charge in [0.25, 0.3) is 6.71 Å². The molecule has 0 bridgehead atoms. The minimum atomic E-state index is -3.23. The van der Waals surface area contributed by atoms with Crippen LogP contribution in [0.3, 0.4) is 0 Å². The molecule has 15 aromatic carbocycles. The van der Waals surface area contributed by atoms with Gasteiger partial charge in [-0.15, -0.1) is 0 Å². The van der Waals surface area contributed by atoms with Crippen molar-refractivity contribution in [3.05, 3.63) is 374 Å². The second kappa shape index (κ2) is 27.2. The predicted octanol–water partition coefficient (Wildman–Crippen LogP) is 23.8. The fraction of sp³-hybridized carbons (Fsp3) is 0.151. The first-order chi connectivity index (χ1) is 53.6. The molecule has 111 heavy (non-hydrogen) atoms. The van der Waals surface area contributed by atoms with Crippen molar-refractivity contribution in [3.63, 3.8) is 0 Å². The van der Waals surface area contributed by atoms with E-state index in [9.17, 15) is 0 Å². The van der Waals surface area contributed by atoms with Crippen molar-refractivity contribution in [2.24, 2.45) is 0 Å². The van der Waals surface area contributed by atoms with Crippen molar-refractivity contribution in [2.45, 2.75) is 105 Å². The van der Waals surface area contributed by atoms with Crippen LogP contribution in [-0.4, -0.2) is 19.4 Å². The SMILES string of the molecule is CC(C)(C)c1cc(-c2ccccc2)c(N2c3ccc([Si](c4ccccc4)(c4ccccc4)c4ccccc4)cc3B3c4ccc(-n5c6ccc(C(C)(C)C)cc6c6cc(C(C)(C)C)ccc65)cc4N(c4c(-c5ccccc5)cc(C(C)(C)C)cc4-c4ccccc4)c4cc(-c5ccccc5)cc2c43)c(-c2ccccc2)c1. The van der Waals surface area contributed by atoms with Crippen molar-refractivity contribution in [3.8, 4) is 61.3 Å². The Kier molecular flexibility index (Phi) is 17.3. The Bertz CT molecular complexity index is 5920. The molecule has 0 fully saturated rings. The zero-order valence-electron chi connectivity index (χ0n) is 65.9. The Morgan fingerprint density at radius 2 is 0.586 bits per heavy atom.